The smallest absolute Gasteiger partial charge is 0.309 e. The van der Waals surface area contributed by atoms with Crippen molar-refractivity contribution in [3.05, 3.63) is 28.9 Å². The molecule has 0 aliphatic carbocycles. The predicted octanol–water partition coefficient (Wildman–Crippen LogP) is 2.98. The molecule has 0 spiro atoms. The lowest BCUT2D eigenvalue weighted by molar-refractivity contribution is -0.150. The van der Waals surface area contributed by atoms with Gasteiger partial charge in [0, 0.05) is 31.4 Å². The molecule has 1 heterocycles. The van der Waals surface area contributed by atoms with Crippen molar-refractivity contribution in [3.8, 4) is 17.6 Å². The molecule has 1 aromatic rings. The highest BCUT2D eigenvalue weighted by atomic mass is 35.5. The SMILES string of the molecule is CCOC(=O)C1CCN(C(=O)/C(C#N)=C\Nc2cc(OC)c(Cl)cc2OC)CC1. The Labute approximate surface area is 175 Å². The van der Waals surface area contributed by atoms with Gasteiger partial charge in [-0.15, -0.1) is 0 Å². The topological polar surface area (TPSA) is 101 Å². The Kier molecular flexibility index (Phi) is 8.16. The van der Waals surface area contributed by atoms with Crippen LogP contribution in [0.15, 0.2) is 23.9 Å². The zero-order valence-corrected chi connectivity index (χ0v) is 17.4. The Bertz CT molecular complexity index is 826. The van der Waals surface area contributed by atoms with Crippen LogP contribution in [-0.2, 0) is 14.3 Å². The molecule has 1 fully saturated rings. The molecule has 0 atom stereocenters. The van der Waals surface area contributed by atoms with Crippen LogP contribution in [0.5, 0.6) is 11.5 Å². The first kappa shape index (κ1) is 22.4. The summed E-state index contributed by atoms with van der Waals surface area (Å²) >= 11 is 6.08. The van der Waals surface area contributed by atoms with Gasteiger partial charge in [0.2, 0.25) is 0 Å². The molecule has 0 radical (unpaired) electrons. The summed E-state index contributed by atoms with van der Waals surface area (Å²) < 4.78 is 15.5. The molecule has 1 aliphatic rings. The molecule has 1 aromatic carbocycles. The van der Waals surface area contributed by atoms with E-state index in [2.05, 4.69) is 5.32 Å². The quantitative estimate of drug-likeness (QED) is 0.410. The molecule has 8 nitrogen and oxygen atoms in total. The Morgan fingerprint density at radius 2 is 1.93 bits per heavy atom. The van der Waals surface area contributed by atoms with Crippen molar-refractivity contribution in [2.24, 2.45) is 5.92 Å². The maximum Gasteiger partial charge on any atom is 0.309 e. The number of methoxy groups -OCH3 is 2. The number of anilines is 1. The standard InChI is InChI=1S/C20H24ClN3O5/c1-4-29-20(26)13-5-7-24(8-6-13)19(25)14(11-22)12-23-16-10-17(27-2)15(21)9-18(16)28-3/h9-10,12-13,23H,4-8H2,1-3H3/b14-12-. The van der Waals surface area contributed by atoms with Crippen molar-refractivity contribution in [1.82, 2.24) is 4.90 Å². The Hall–Kier alpha value is -2.92. The van der Waals surface area contributed by atoms with Gasteiger partial charge in [0.1, 0.15) is 23.1 Å². The van der Waals surface area contributed by atoms with Gasteiger partial charge >= 0.3 is 5.97 Å². The second-order valence-corrected chi connectivity index (χ2v) is 6.73. The van der Waals surface area contributed by atoms with E-state index in [1.165, 1.54) is 20.4 Å². The van der Waals surface area contributed by atoms with Crippen LogP contribution in [-0.4, -0.2) is 50.7 Å². The van der Waals surface area contributed by atoms with Crippen molar-refractivity contribution < 1.29 is 23.8 Å². The number of hydrogen-bond acceptors (Lipinski definition) is 7. The summed E-state index contributed by atoms with van der Waals surface area (Å²) in [4.78, 5) is 26.1. The van der Waals surface area contributed by atoms with Gasteiger partial charge < -0.3 is 24.4 Å². The number of carbonyl (C=O) groups excluding carboxylic acids is 2. The van der Waals surface area contributed by atoms with Crippen molar-refractivity contribution in [2.45, 2.75) is 19.8 Å². The molecule has 0 bridgehead atoms. The largest absolute Gasteiger partial charge is 0.495 e. The lowest BCUT2D eigenvalue weighted by Gasteiger charge is -2.30. The number of hydrogen-bond donors (Lipinski definition) is 1. The van der Waals surface area contributed by atoms with E-state index in [1.54, 1.807) is 24.0 Å². The molecule has 1 amide bonds. The average Bonchev–Trinajstić information content (AvgIpc) is 2.74. The summed E-state index contributed by atoms with van der Waals surface area (Å²) in [6.07, 6.45) is 2.35. The minimum atomic E-state index is -0.401. The van der Waals surface area contributed by atoms with Crippen molar-refractivity contribution >= 4 is 29.2 Å². The first-order chi connectivity index (χ1) is 13.9. The van der Waals surface area contributed by atoms with Gasteiger partial charge in [-0.05, 0) is 19.8 Å². The third-order valence-corrected chi connectivity index (χ3v) is 4.89. The number of piperidine rings is 1. The average molecular weight is 422 g/mol. The molecule has 29 heavy (non-hydrogen) atoms. The van der Waals surface area contributed by atoms with E-state index in [1.807, 2.05) is 6.07 Å². The molecule has 1 saturated heterocycles. The summed E-state index contributed by atoms with van der Waals surface area (Å²) in [5.74, 6) is 0.0158. The summed E-state index contributed by atoms with van der Waals surface area (Å²) in [7, 11) is 2.97. The molecule has 0 saturated carbocycles. The summed E-state index contributed by atoms with van der Waals surface area (Å²) in [5.41, 5.74) is 0.436. The predicted molar refractivity (Wildman–Crippen MR) is 108 cm³/mol. The number of amides is 1. The monoisotopic (exact) mass is 421 g/mol. The van der Waals surface area contributed by atoms with Crippen LogP contribution in [0.4, 0.5) is 5.69 Å². The van der Waals surface area contributed by atoms with Crippen LogP contribution in [0.2, 0.25) is 5.02 Å². The summed E-state index contributed by atoms with van der Waals surface area (Å²) in [6, 6.07) is 5.11. The fraction of sp³-hybridized carbons (Fsp3) is 0.450. The van der Waals surface area contributed by atoms with Gasteiger partial charge in [0.25, 0.3) is 5.91 Å². The number of nitrogens with zero attached hydrogens (tertiary/aromatic N) is 2. The normalized spacial score (nSPS) is 14.7. The minimum Gasteiger partial charge on any atom is -0.495 e. The zero-order chi connectivity index (χ0) is 21.4. The van der Waals surface area contributed by atoms with Gasteiger partial charge in [0.15, 0.2) is 0 Å². The van der Waals surface area contributed by atoms with Crippen molar-refractivity contribution in [1.29, 1.82) is 5.26 Å². The second kappa shape index (κ2) is 10.6. The number of likely N-dealkylation sites (tertiary alicyclic amines) is 1. The molecule has 1 N–H and O–H groups in total. The van der Waals surface area contributed by atoms with Crippen LogP contribution in [0.1, 0.15) is 19.8 Å². The second-order valence-electron chi connectivity index (χ2n) is 6.32. The van der Waals surface area contributed by atoms with Crippen LogP contribution in [0, 0.1) is 17.2 Å². The Balaban J connectivity index is 2.08. The number of esters is 1. The van der Waals surface area contributed by atoms with E-state index in [0.29, 0.717) is 54.7 Å². The summed E-state index contributed by atoms with van der Waals surface area (Å²) in [5, 5.41) is 12.7. The number of carbonyl (C=O) groups is 2. The van der Waals surface area contributed by atoms with Gasteiger partial charge in [-0.1, -0.05) is 11.6 Å². The third-order valence-electron chi connectivity index (χ3n) is 4.60. The number of ether oxygens (including phenoxy) is 3. The number of benzene rings is 1. The lowest BCUT2D eigenvalue weighted by Crippen LogP contribution is -2.41. The first-order valence-corrected chi connectivity index (χ1v) is 9.57. The molecule has 1 aliphatic heterocycles. The van der Waals surface area contributed by atoms with E-state index in [9.17, 15) is 14.9 Å². The molecule has 9 heteroatoms. The van der Waals surface area contributed by atoms with E-state index < -0.39 is 5.91 Å². The minimum absolute atomic E-state index is 0.0597. The fourth-order valence-electron chi connectivity index (χ4n) is 3.01. The molecule has 156 valence electrons. The number of rotatable bonds is 7. The van der Waals surface area contributed by atoms with Crippen LogP contribution < -0.4 is 14.8 Å². The maximum absolute atomic E-state index is 12.7. The number of halogens is 1. The highest BCUT2D eigenvalue weighted by Crippen LogP contribution is 2.36. The Morgan fingerprint density at radius 3 is 2.48 bits per heavy atom. The fourth-order valence-corrected chi connectivity index (χ4v) is 3.24. The third kappa shape index (κ3) is 5.55. The van der Waals surface area contributed by atoms with E-state index >= 15 is 0 Å². The van der Waals surface area contributed by atoms with Crippen LogP contribution in [0.25, 0.3) is 0 Å². The van der Waals surface area contributed by atoms with Crippen LogP contribution >= 0.6 is 11.6 Å². The Morgan fingerprint density at radius 1 is 1.28 bits per heavy atom. The molecule has 2 rings (SSSR count). The van der Waals surface area contributed by atoms with Crippen molar-refractivity contribution in [2.75, 3.05) is 39.2 Å². The van der Waals surface area contributed by atoms with E-state index in [4.69, 9.17) is 25.8 Å². The highest BCUT2D eigenvalue weighted by molar-refractivity contribution is 6.32. The van der Waals surface area contributed by atoms with Crippen molar-refractivity contribution in [3.63, 3.8) is 0 Å². The maximum atomic E-state index is 12.7. The van der Waals surface area contributed by atoms with Gasteiger partial charge in [-0.25, -0.2) is 0 Å². The van der Waals surface area contributed by atoms with Gasteiger partial charge in [-0.3, -0.25) is 9.59 Å². The molecular weight excluding hydrogens is 398 g/mol. The van der Waals surface area contributed by atoms with E-state index in [0.717, 1.165) is 0 Å². The van der Waals surface area contributed by atoms with Gasteiger partial charge in [0.05, 0.1) is 37.5 Å². The van der Waals surface area contributed by atoms with Crippen LogP contribution in [0.3, 0.4) is 0 Å². The highest BCUT2D eigenvalue weighted by Gasteiger charge is 2.29. The molecule has 0 aromatic heterocycles. The number of nitriles is 1. The summed E-state index contributed by atoms with van der Waals surface area (Å²) in [6.45, 7) is 2.88. The van der Waals surface area contributed by atoms with Gasteiger partial charge in [-0.2, -0.15) is 5.26 Å². The lowest BCUT2D eigenvalue weighted by atomic mass is 9.96. The van der Waals surface area contributed by atoms with E-state index in [-0.39, 0.29) is 17.5 Å². The molecular formula is C20H24ClN3O5. The molecule has 0 unspecified atom stereocenters. The number of nitrogens with one attached hydrogen (secondary N) is 1. The zero-order valence-electron chi connectivity index (χ0n) is 16.7. The first-order valence-electron chi connectivity index (χ1n) is 9.19.